The monoisotopic (exact) mass is 520 g/mol. The van der Waals surface area contributed by atoms with Gasteiger partial charge in [0.05, 0.1) is 7.11 Å². The Morgan fingerprint density at radius 3 is 2.00 bits per heavy atom. The summed E-state index contributed by atoms with van der Waals surface area (Å²) in [5, 5.41) is 5.22. The number of rotatable bonds is 12. The number of esters is 2. The summed E-state index contributed by atoms with van der Waals surface area (Å²) in [5.74, 6) is -1.60. The molecule has 192 valence electrons. The maximum absolute atomic E-state index is 12.9. The standard InChI is InChI=1S/C28H28N2O6S/c1-35-27(33)23(19-37-18-20-11-5-2-6-12-20)29-24(31)17-36-28(34)25(21-13-7-3-8-14-21)30-26(32)22-15-9-4-10-16-22/h2-16,23,25H,17-19H2,1H3,(H,29,31)(H,30,32). The van der Waals surface area contributed by atoms with Gasteiger partial charge >= 0.3 is 11.9 Å². The molecule has 2 amide bonds. The van der Waals surface area contributed by atoms with E-state index >= 15 is 0 Å². The molecule has 3 aromatic carbocycles. The van der Waals surface area contributed by atoms with Crippen molar-refractivity contribution in [3.63, 3.8) is 0 Å². The molecule has 3 rings (SSSR count). The van der Waals surface area contributed by atoms with Gasteiger partial charge in [-0.15, -0.1) is 0 Å². The Labute approximate surface area is 219 Å². The minimum Gasteiger partial charge on any atom is -0.467 e. The largest absolute Gasteiger partial charge is 0.467 e. The van der Waals surface area contributed by atoms with Crippen LogP contribution in [0, 0.1) is 0 Å². The van der Waals surface area contributed by atoms with Crippen LogP contribution < -0.4 is 10.6 Å². The first kappa shape index (κ1) is 27.5. The van der Waals surface area contributed by atoms with Crippen LogP contribution in [0.15, 0.2) is 91.0 Å². The molecule has 8 nitrogen and oxygen atoms in total. The second-order valence-corrected chi connectivity index (χ2v) is 8.97. The molecule has 0 spiro atoms. The van der Waals surface area contributed by atoms with E-state index in [0.29, 0.717) is 16.9 Å². The van der Waals surface area contributed by atoms with Gasteiger partial charge in [-0.3, -0.25) is 9.59 Å². The fourth-order valence-electron chi connectivity index (χ4n) is 3.36. The fourth-order valence-corrected chi connectivity index (χ4v) is 4.36. The molecule has 0 aliphatic carbocycles. The maximum atomic E-state index is 12.9. The minimum atomic E-state index is -1.13. The third-order valence-electron chi connectivity index (χ3n) is 5.24. The first-order valence-electron chi connectivity index (χ1n) is 11.5. The Morgan fingerprint density at radius 1 is 0.784 bits per heavy atom. The summed E-state index contributed by atoms with van der Waals surface area (Å²) >= 11 is 1.46. The van der Waals surface area contributed by atoms with Gasteiger partial charge in [-0.1, -0.05) is 78.9 Å². The van der Waals surface area contributed by atoms with Gasteiger partial charge in [0, 0.05) is 17.1 Å². The average Bonchev–Trinajstić information content (AvgIpc) is 2.95. The van der Waals surface area contributed by atoms with E-state index in [9.17, 15) is 19.2 Å². The van der Waals surface area contributed by atoms with Crippen molar-refractivity contribution in [3.05, 3.63) is 108 Å². The van der Waals surface area contributed by atoms with Crippen molar-refractivity contribution < 1.29 is 28.7 Å². The van der Waals surface area contributed by atoms with Gasteiger partial charge in [0.1, 0.15) is 6.04 Å². The summed E-state index contributed by atoms with van der Waals surface area (Å²) in [7, 11) is 1.24. The van der Waals surface area contributed by atoms with E-state index in [-0.39, 0.29) is 5.75 Å². The van der Waals surface area contributed by atoms with Crippen molar-refractivity contribution in [1.82, 2.24) is 10.6 Å². The van der Waals surface area contributed by atoms with Gasteiger partial charge in [-0.2, -0.15) is 11.8 Å². The maximum Gasteiger partial charge on any atom is 0.333 e. The van der Waals surface area contributed by atoms with Gasteiger partial charge in [0.2, 0.25) is 0 Å². The molecule has 0 heterocycles. The minimum absolute atomic E-state index is 0.279. The summed E-state index contributed by atoms with van der Waals surface area (Å²) in [4.78, 5) is 50.3. The Hall–Kier alpha value is -4.11. The number of nitrogens with one attached hydrogen (secondary N) is 2. The Balaban J connectivity index is 1.58. The quantitative estimate of drug-likeness (QED) is 0.353. The summed E-state index contributed by atoms with van der Waals surface area (Å²) in [6, 6.07) is 24.7. The predicted octanol–water partition coefficient (Wildman–Crippen LogP) is 3.29. The van der Waals surface area contributed by atoms with Crippen molar-refractivity contribution in [2.45, 2.75) is 17.8 Å². The first-order chi connectivity index (χ1) is 18.0. The van der Waals surface area contributed by atoms with E-state index in [1.807, 2.05) is 30.3 Å². The summed E-state index contributed by atoms with van der Waals surface area (Å²) < 4.78 is 10.0. The van der Waals surface area contributed by atoms with Crippen molar-refractivity contribution in [2.24, 2.45) is 0 Å². The number of thioether (sulfide) groups is 1. The van der Waals surface area contributed by atoms with E-state index < -0.39 is 42.4 Å². The van der Waals surface area contributed by atoms with E-state index in [0.717, 1.165) is 5.56 Å². The molecule has 0 aliphatic rings. The van der Waals surface area contributed by atoms with Crippen LogP contribution in [0.4, 0.5) is 0 Å². The SMILES string of the molecule is COC(=O)C(CSCc1ccccc1)NC(=O)COC(=O)C(NC(=O)c1ccccc1)c1ccccc1. The third-order valence-corrected chi connectivity index (χ3v) is 6.35. The van der Waals surface area contributed by atoms with Crippen molar-refractivity contribution in [1.29, 1.82) is 0 Å². The zero-order valence-corrected chi connectivity index (χ0v) is 21.1. The molecule has 2 atom stereocenters. The Bertz CT molecular complexity index is 1180. The van der Waals surface area contributed by atoms with Crippen LogP contribution >= 0.6 is 11.8 Å². The third kappa shape index (κ3) is 8.80. The molecule has 0 fully saturated rings. The first-order valence-corrected chi connectivity index (χ1v) is 12.7. The normalized spacial score (nSPS) is 12.0. The van der Waals surface area contributed by atoms with E-state index in [1.54, 1.807) is 60.7 Å². The van der Waals surface area contributed by atoms with Crippen molar-refractivity contribution in [2.75, 3.05) is 19.5 Å². The van der Waals surface area contributed by atoms with Crippen molar-refractivity contribution in [3.8, 4) is 0 Å². The fraction of sp³-hybridized carbons (Fsp3) is 0.214. The van der Waals surface area contributed by atoms with Crippen LogP contribution in [0.1, 0.15) is 27.5 Å². The molecule has 0 aliphatic heterocycles. The van der Waals surface area contributed by atoms with Gasteiger partial charge in [-0.05, 0) is 23.3 Å². The Morgan fingerprint density at radius 2 is 1.38 bits per heavy atom. The lowest BCUT2D eigenvalue weighted by molar-refractivity contribution is -0.151. The molecule has 0 bridgehead atoms. The van der Waals surface area contributed by atoms with Gasteiger partial charge < -0.3 is 20.1 Å². The molecule has 37 heavy (non-hydrogen) atoms. The molecule has 2 unspecified atom stereocenters. The second-order valence-electron chi connectivity index (χ2n) is 7.93. The van der Waals surface area contributed by atoms with Crippen LogP contribution in [0.3, 0.4) is 0 Å². The number of methoxy groups -OCH3 is 1. The number of amides is 2. The summed E-state index contributed by atoms with van der Waals surface area (Å²) in [6.07, 6.45) is 0. The van der Waals surface area contributed by atoms with Crippen LogP contribution in [0.25, 0.3) is 0 Å². The number of ether oxygens (including phenoxy) is 2. The highest BCUT2D eigenvalue weighted by atomic mass is 32.2. The van der Waals surface area contributed by atoms with Gasteiger partial charge in [0.25, 0.3) is 11.8 Å². The zero-order valence-electron chi connectivity index (χ0n) is 20.3. The lowest BCUT2D eigenvalue weighted by atomic mass is 10.1. The highest BCUT2D eigenvalue weighted by molar-refractivity contribution is 7.98. The summed E-state index contributed by atoms with van der Waals surface area (Å²) in [5.41, 5.74) is 1.96. The van der Waals surface area contributed by atoms with E-state index in [4.69, 9.17) is 9.47 Å². The van der Waals surface area contributed by atoms with Crippen LogP contribution in [-0.2, 0) is 29.6 Å². The molecular formula is C28H28N2O6S. The number of carbonyl (C=O) groups is 4. The lowest BCUT2D eigenvalue weighted by Gasteiger charge is -2.19. The number of hydrogen-bond acceptors (Lipinski definition) is 7. The smallest absolute Gasteiger partial charge is 0.333 e. The molecule has 0 radical (unpaired) electrons. The number of carbonyl (C=O) groups excluding carboxylic acids is 4. The molecular weight excluding hydrogens is 492 g/mol. The van der Waals surface area contributed by atoms with E-state index in [1.165, 1.54) is 18.9 Å². The molecule has 9 heteroatoms. The zero-order chi connectivity index (χ0) is 26.5. The van der Waals surface area contributed by atoms with Gasteiger partial charge in [0.15, 0.2) is 12.6 Å². The Kier molecular flexibility index (Phi) is 10.7. The van der Waals surface area contributed by atoms with Crippen LogP contribution in [-0.4, -0.2) is 49.3 Å². The topological polar surface area (TPSA) is 111 Å². The highest BCUT2D eigenvalue weighted by Crippen LogP contribution is 2.16. The number of hydrogen-bond donors (Lipinski definition) is 2. The predicted molar refractivity (Wildman–Crippen MR) is 141 cm³/mol. The average molecular weight is 521 g/mol. The molecule has 0 saturated carbocycles. The second kappa shape index (κ2) is 14.4. The molecule has 0 saturated heterocycles. The lowest BCUT2D eigenvalue weighted by Crippen LogP contribution is -2.45. The molecule has 2 N–H and O–H groups in total. The van der Waals surface area contributed by atoms with Gasteiger partial charge in [-0.25, -0.2) is 9.59 Å². The van der Waals surface area contributed by atoms with Crippen molar-refractivity contribution >= 4 is 35.5 Å². The number of benzene rings is 3. The highest BCUT2D eigenvalue weighted by Gasteiger charge is 2.27. The van der Waals surface area contributed by atoms with Crippen LogP contribution in [0.5, 0.6) is 0 Å². The summed E-state index contributed by atoms with van der Waals surface area (Å²) in [6.45, 7) is -0.625. The van der Waals surface area contributed by atoms with E-state index in [2.05, 4.69) is 10.6 Å². The van der Waals surface area contributed by atoms with Crippen LogP contribution in [0.2, 0.25) is 0 Å². The molecule has 0 aromatic heterocycles. The molecule has 3 aromatic rings.